The number of hydrogen-bond donors (Lipinski definition) is 1. The largest absolute Gasteiger partial charge is 0.306 e. The molecule has 0 spiro atoms. The van der Waals surface area contributed by atoms with E-state index in [1.807, 2.05) is 0 Å². The van der Waals surface area contributed by atoms with Gasteiger partial charge in [0.1, 0.15) is 11.6 Å². The molecular weight excluding hydrogens is 232 g/mol. The van der Waals surface area contributed by atoms with E-state index in [9.17, 15) is 8.78 Å². The van der Waals surface area contributed by atoms with Crippen LogP contribution < -0.4 is 5.32 Å². The first-order valence-corrected chi connectivity index (χ1v) is 5.94. The monoisotopic (exact) mass is 245 g/mol. The van der Waals surface area contributed by atoms with Crippen molar-refractivity contribution in [1.82, 2.24) is 5.32 Å². The highest BCUT2D eigenvalue weighted by atomic mass is 35.5. The van der Waals surface area contributed by atoms with Gasteiger partial charge in [-0.05, 0) is 31.4 Å². The maximum absolute atomic E-state index is 13.3. The molecule has 0 unspecified atom stereocenters. The van der Waals surface area contributed by atoms with Crippen molar-refractivity contribution < 1.29 is 8.78 Å². The number of nitrogens with one attached hydrogen (secondary N) is 1. The molecule has 88 valence electrons. The van der Waals surface area contributed by atoms with Gasteiger partial charge in [-0.15, -0.1) is 11.6 Å². The van der Waals surface area contributed by atoms with Crippen LogP contribution in [0.2, 0.25) is 0 Å². The summed E-state index contributed by atoms with van der Waals surface area (Å²) in [5.74, 6) is -0.517. The van der Waals surface area contributed by atoms with Gasteiger partial charge in [0, 0.05) is 23.5 Å². The zero-order valence-electron chi connectivity index (χ0n) is 8.90. The summed E-state index contributed by atoms with van der Waals surface area (Å²) < 4.78 is 26.7. The lowest BCUT2D eigenvalue weighted by Crippen LogP contribution is -2.52. The second-order valence-electron chi connectivity index (χ2n) is 4.32. The highest BCUT2D eigenvalue weighted by Gasteiger charge is 2.35. The number of benzene rings is 1. The summed E-state index contributed by atoms with van der Waals surface area (Å²) in [6.45, 7) is 0.200. The van der Waals surface area contributed by atoms with Crippen molar-refractivity contribution in [2.45, 2.75) is 31.3 Å². The van der Waals surface area contributed by atoms with Crippen LogP contribution in [0.15, 0.2) is 18.2 Å². The molecule has 0 saturated heterocycles. The van der Waals surface area contributed by atoms with Gasteiger partial charge in [-0.2, -0.15) is 0 Å². The summed E-state index contributed by atoms with van der Waals surface area (Å²) in [4.78, 5) is 0. The molecule has 16 heavy (non-hydrogen) atoms. The van der Waals surface area contributed by atoms with E-state index in [2.05, 4.69) is 5.32 Å². The Hall–Kier alpha value is -0.670. The molecule has 0 atom stereocenters. The lowest BCUT2D eigenvalue weighted by molar-refractivity contribution is 0.209. The lowest BCUT2D eigenvalue weighted by atomic mass is 9.78. The third-order valence-corrected chi connectivity index (χ3v) is 3.78. The summed E-state index contributed by atoms with van der Waals surface area (Å²) in [5.41, 5.74) is -0.0186. The first-order valence-electron chi connectivity index (χ1n) is 5.41. The smallest absolute Gasteiger partial charge is 0.130 e. The third-order valence-electron chi connectivity index (χ3n) is 3.27. The molecule has 1 aromatic rings. The third kappa shape index (κ3) is 2.20. The highest BCUT2D eigenvalue weighted by molar-refractivity contribution is 6.18. The van der Waals surface area contributed by atoms with Crippen molar-refractivity contribution in [3.63, 3.8) is 0 Å². The first kappa shape index (κ1) is 11.8. The molecule has 1 nitrogen and oxygen atoms in total. The van der Waals surface area contributed by atoms with Crippen molar-refractivity contribution in [1.29, 1.82) is 0 Å². The first-order chi connectivity index (χ1) is 7.67. The predicted octanol–water partition coefficient (Wildman–Crippen LogP) is 3.22. The Kier molecular flexibility index (Phi) is 3.45. The quantitative estimate of drug-likeness (QED) is 0.804. The van der Waals surface area contributed by atoms with E-state index in [1.165, 1.54) is 18.2 Å². The molecule has 0 bridgehead atoms. The minimum absolute atomic E-state index is 0.0962. The molecule has 1 N–H and O–H groups in total. The second kappa shape index (κ2) is 4.68. The van der Waals surface area contributed by atoms with Gasteiger partial charge in [-0.3, -0.25) is 0 Å². The van der Waals surface area contributed by atoms with E-state index in [0.717, 1.165) is 19.3 Å². The molecule has 1 fully saturated rings. The summed E-state index contributed by atoms with van der Waals surface area (Å²) in [7, 11) is 0. The number of alkyl halides is 1. The number of hydrogen-bond acceptors (Lipinski definition) is 1. The van der Waals surface area contributed by atoms with E-state index < -0.39 is 11.6 Å². The summed E-state index contributed by atoms with van der Waals surface area (Å²) >= 11 is 5.86. The molecule has 0 aliphatic heterocycles. The highest BCUT2D eigenvalue weighted by Crippen LogP contribution is 2.33. The van der Waals surface area contributed by atoms with Gasteiger partial charge < -0.3 is 5.32 Å². The Balaban J connectivity index is 2.04. The molecule has 2 rings (SSSR count). The molecule has 1 aliphatic rings. The fourth-order valence-electron chi connectivity index (χ4n) is 1.94. The maximum atomic E-state index is 13.3. The average molecular weight is 246 g/mol. The van der Waals surface area contributed by atoms with Gasteiger partial charge in [-0.25, -0.2) is 8.78 Å². The summed E-state index contributed by atoms with van der Waals surface area (Å²) in [6.07, 6.45) is 3.08. The molecule has 1 aromatic carbocycles. The van der Waals surface area contributed by atoms with Crippen molar-refractivity contribution >= 4 is 11.6 Å². The van der Waals surface area contributed by atoms with Gasteiger partial charge >= 0.3 is 0 Å². The second-order valence-corrected chi connectivity index (χ2v) is 4.59. The van der Waals surface area contributed by atoms with Gasteiger partial charge in [0.05, 0.1) is 0 Å². The Morgan fingerprint density at radius 3 is 2.31 bits per heavy atom. The zero-order chi connectivity index (χ0) is 11.6. The van der Waals surface area contributed by atoms with E-state index in [-0.39, 0.29) is 17.6 Å². The molecule has 4 heteroatoms. The zero-order valence-corrected chi connectivity index (χ0v) is 9.66. The van der Waals surface area contributed by atoms with Gasteiger partial charge in [0.2, 0.25) is 0 Å². The average Bonchev–Trinajstić information content (AvgIpc) is 2.20. The number of halogens is 3. The standard InChI is InChI=1S/C12H14ClF2N/c13-8-12(5-2-6-12)16-7-9-10(14)3-1-4-11(9)15/h1,3-4,16H,2,5-8H2. The van der Waals surface area contributed by atoms with Crippen LogP contribution in [0.3, 0.4) is 0 Å². The van der Waals surface area contributed by atoms with Crippen LogP contribution in [-0.4, -0.2) is 11.4 Å². The van der Waals surface area contributed by atoms with Gasteiger partial charge in [-0.1, -0.05) is 6.07 Å². The maximum Gasteiger partial charge on any atom is 0.130 e. The SMILES string of the molecule is Fc1cccc(F)c1CNC1(CCl)CCC1. The summed E-state index contributed by atoms with van der Waals surface area (Å²) in [6, 6.07) is 3.91. The predicted molar refractivity (Wildman–Crippen MR) is 60.5 cm³/mol. The van der Waals surface area contributed by atoms with Crippen LogP contribution in [0.25, 0.3) is 0 Å². The van der Waals surface area contributed by atoms with E-state index >= 15 is 0 Å². The fourth-order valence-corrected chi connectivity index (χ4v) is 2.30. The van der Waals surface area contributed by atoms with E-state index in [1.54, 1.807) is 0 Å². The molecule has 1 aliphatic carbocycles. The van der Waals surface area contributed by atoms with Crippen molar-refractivity contribution in [2.24, 2.45) is 0 Å². The minimum Gasteiger partial charge on any atom is -0.306 e. The van der Waals surface area contributed by atoms with Crippen LogP contribution in [0.4, 0.5) is 8.78 Å². The molecule has 1 saturated carbocycles. The fraction of sp³-hybridized carbons (Fsp3) is 0.500. The van der Waals surface area contributed by atoms with Gasteiger partial charge in [0.15, 0.2) is 0 Å². The molecule has 0 amide bonds. The van der Waals surface area contributed by atoms with Crippen LogP contribution >= 0.6 is 11.6 Å². The van der Waals surface area contributed by atoms with E-state index in [4.69, 9.17) is 11.6 Å². The molecule has 0 aromatic heterocycles. The Morgan fingerprint density at radius 2 is 1.88 bits per heavy atom. The molecule has 0 radical (unpaired) electrons. The number of rotatable bonds is 4. The normalized spacial score (nSPS) is 18.2. The Morgan fingerprint density at radius 1 is 1.25 bits per heavy atom. The topological polar surface area (TPSA) is 12.0 Å². The van der Waals surface area contributed by atoms with Crippen LogP contribution in [0, 0.1) is 11.6 Å². The Bertz CT molecular complexity index is 352. The van der Waals surface area contributed by atoms with Crippen LogP contribution in [-0.2, 0) is 6.54 Å². The van der Waals surface area contributed by atoms with Crippen LogP contribution in [0.1, 0.15) is 24.8 Å². The minimum atomic E-state index is -0.503. The van der Waals surface area contributed by atoms with Gasteiger partial charge in [0.25, 0.3) is 0 Å². The van der Waals surface area contributed by atoms with Crippen LogP contribution in [0.5, 0.6) is 0 Å². The van der Waals surface area contributed by atoms with E-state index in [0.29, 0.717) is 5.88 Å². The van der Waals surface area contributed by atoms with Crippen molar-refractivity contribution in [3.05, 3.63) is 35.4 Å². The lowest BCUT2D eigenvalue weighted by Gasteiger charge is -2.41. The van der Waals surface area contributed by atoms with Crippen molar-refractivity contribution in [3.8, 4) is 0 Å². The summed E-state index contributed by atoms with van der Waals surface area (Å²) in [5, 5.41) is 3.17. The molecular formula is C12H14ClF2N. The van der Waals surface area contributed by atoms with Crippen molar-refractivity contribution in [2.75, 3.05) is 5.88 Å². The molecule has 0 heterocycles. The Labute approximate surface area is 98.8 Å².